The number of ether oxygens (including phenoxy) is 1. The fourth-order valence-corrected chi connectivity index (χ4v) is 2.28. The maximum Gasteiger partial charge on any atom is 0.249 e. The quantitative estimate of drug-likeness (QED) is 0.814. The molecule has 0 fully saturated rings. The SMILES string of the molecule is O=C(Cn1cnnn1)N1CCOc2cc(F)c(Br)cc21. The summed E-state index contributed by atoms with van der Waals surface area (Å²) < 4.78 is 20.5. The first-order valence-electron chi connectivity index (χ1n) is 5.78. The predicted octanol–water partition coefficient (Wildman–Crippen LogP) is 1.00. The average molecular weight is 342 g/mol. The summed E-state index contributed by atoms with van der Waals surface area (Å²) in [5, 5.41) is 10.6. The third kappa shape index (κ3) is 2.36. The molecule has 1 aliphatic heterocycles. The van der Waals surface area contributed by atoms with Gasteiger partial charge < -0.3 is 9.64 Å². The van der Waals surface area contributed by atoms with E-state index < -0.39 is 5.82 Å². The molecular weight excluding hydrogens is 333 g/mol. The Morgan fingerprint density at radius 2 is 2.35 bits per heavy atom. The number of halogens is 2. The van der Waals surface area contributed by atoms with Gasteiger partial charge in [-0.2, -0.15) is 0 Å². The minimum absolute atomic E-state index is 0.0153. The van der Waals surface area contributed by atoms with Crippen molar-refractivity contribution in [3.05, 3.63) is 28.7 Å². The van der Waals surface area contributed by atoms with Crippen molar-refractivity contribution in [1.82, 2.24) is 20.2 Å². The number of hydrogen-bond acceptors (Lipinski definition) is 5. The van der Waals surface area contributed by atoms with Crippen LogP contribution in [0, 0.1) is 5.82 Å². The lowest BCUT2D eigenvalue weighted by Gasteiger charge is -2.29. The maximum absolute atomic E-state index is 13.5. The van der Waals surface area contributed by atoms with Crippen LogP contribution in [-0.4, -0.2) is 39.3 Å². The van der Waals surface area contributed by atoms with Crippen molar-refractivity contribution in [2.75, 3.05) is 18.1 Å². The fraction of sp³-hybridized carbons (Fsp3) is 0.273. The van der Waals surface area contributed by atoms with Crippen LogP contribution in [0.25, 0.3) is 0 Å². The molecule has 1 aliphatic rings. The molecule has 20 heavy (non-hydrogen) atoms. The number of hydrogen-bond donors (Lipinski definition) is 0. The molecule has 1 aromatic carbocycles. The second-order valence-electron chi connectivity index (χ2n) is 4.14. The van der Waals surface area contributed by atoms with Gasteiger partial charge in [0.05, 0.1) is 16.7 Å². The Labute approximate surface area is 121 Å². The third-order valence-electron chi connectivity index (χ3n) is 2.85. The molecule has 7 nitrogen and oxygen atoms in total. The largest absolute Gasteiger partial charge is 0.489 e. The zero-order chi connectivity index (χ0) is 14.1. The maximum atomic E-state index is 13.5. The minimum Gasteiger partial charge on any atom is -0.489 e. The second-order valence-corrected chi connectivity index (χ2v) is 4.99. The molecular formula is C11H9BrFN5O2. The number of fused-ring (bicyclic) bond motifs is 1. The van der Waals surface area contributed by atoms with Gasteiger partial charge in [0, 0.05) is 6.07 Å². The number of tetrazole rings is 1. The number of carbonyl (C=O) groups is 1. The van der Waals surface area contributed by atoms with Crippen LogP contribution in [0.3, 0.4) is 0 Å². The van der Waals surface area contributed by atoms with E-state index in [0.29, 0.717) is 24.6 Å². The highest BCUT2D eigenvalue weighted by atomic mass is 79.9. The molecule has 0 radical (unpaired) electrons. The van der Waals surface area contributed by atoms with Gasteiger partial charge in [-0.15, -0.1) is 5.10 Å². The molecule has 0 aliphatic carbocycles. The molecule has 0 N–H and O–H groups in total. The standard InChI is InChI=1S/C11H9BrFN5O2/c12-7-3-9-10(4-8(7)13)20-2-1-18(9)11(19)5-17-6-14-15-16-17/h3-4,6H,1-2,5H2. The summed E-state index contributed by atoms with van der Waals surface area (Å²) >= 11 is 3.11. The molecule has 9 heteroatoms. The van der Waals surface area contributed by atoms with Crippen molar-refractivity contribution in [3.63, 3.8) is 0 Å². The van der Waals surface area contributed by atoms with Gasteiger partial charge in [0.1, 0.15) is 31.0 Å². The highest BCUT2D eigenvalue weighted by Crippen LogP contribution is 2.36. The van der Waals surface area contributed by atoms with E-state index in [1.165, 1.54) is 28.0 Å². The van der Waals surface area contributed by atoms with Gasteiger partial charge in [0.15, 0.2) is 0 Å². The molecule has 1 amide bonds. The van der Waals surface area contributed by atoms with Crippen LogP contribution >= 0.6 is 15.9 Å². The Morgan fingerprint density at radius 1 is 1.50 bits per heavy atom. The predicted molar refractivity (Wildman–Crippen MR) is 69.8 cm³/mol. The summed E-state index contributed by atoms with van der Waals surface area (Å²) in [6.45, 7) is 0.725. The smallest absolute Gasteiger partial charge is 0.249 e. The van der Waals surface area contributed by atoms with Crippen molar-refractivity contribution in [2.24, 2.45) is 0 Å². The van der Waals surface area contributed by atoms with Crippen LogP contribution in [0.15, 0.2) is 22.9 Å². The van der Waals surface area contributed by atoms with Crippen LogP contribution in [-0.2, 0) is 11.3 Å². The zero-order valence-electron chi connectivity index (χ0n) is 10.2. The molecule has 1 aromatic heterocycles. The van der Waals surface area contributed by atoms with Crippen molar-refractivity contribution < 1.29 is 13.9 Å². The first kappa shape index (κ1) is 13.0. The second kappa shape index (κ2) is 5.16. The summed E-state index contributed by atoms with van der Waals surface area (Å²) in [4.78, 5) is 13.8. The Hall–Kier alpha value is -2.03. The van der Waals surface area contributed by atoms with E-state index in [4.69, 9.17) is 4.74 Å². The molecule has 0 spiro atoms. The van der Waals surface area contributed by atoms with Crippen molar-refractivity contribution >= 4 is 27.5 Å². The number of nitrogens with zero attached hydrogens (tertiary/aromatic N) is 5. The normalized spacial score (nSPS) is 13.8. The van der Waals surface area contributed by atoms with Gasteiger partial charge in [-0.05, 0) is 32.4 Å². The molecule has 104 valence electrons. The fourth-order valence-electron chi connectivity index (χ4n) is 1.95. The molecule has 0 bridgehead atoms. The van der Waals surface area contributed by atoms with Crippen LogP contribution in [0.5, 0.6) is 5.75 Å². The Balaban J connectivity index is 1.89. The summed E-state index contributed by atoms with van der Waals surface area (Å²) in [5.74, 6) is -0.277. The van der Waals surface area contributed by atoms with E-state index in [0.717, 1.165) is 0 Å². The summed E-state index contributed by atoms with van der Waals surface area (Å²) in [6, 6.07) is 2.79. The number of anilines is 1. The topological polar surface area (TPSA) is 73.1 Å². The first-order valence-corrected chi connectivity index (χ1v) is 6.57. The van der Waals surface area contributed by atoms with Gasteiger partial charge in [0.2, 0.25) is 5.91 Å². The summed E-state index contributed by atoms with van der Waals surface area (Å²) in [6.07, 6.45) is 1.36. The Morgan fingerprint density at radius 3 is 3.10 bits per heavy atom. The lowest BCUT2D eigenvalue weighted by atomic mass is 10.2. The third-order valence-corrected chi connectivity index (χ3v) is 3.46. The van der Waals surface area contributed by atoms with Gasteiger partial charge in [-0.3, -0.25) is 4.79 Å². The van der Waals surface area contributed by atoms with Gasteiger partial charge in [0.25, 0.3) is 0 Å². The van der Waals surface area contributed by atoms with E-state index in [1.807, 2.05) is 0 Å². The van der Waals surface area contributed by atoms with E-state index in [1.54, 1.807) is 0 Å². The number of rotatable bonds is 2. The number of carbonyl (C=O) groups excluding carboxylic acids is 1. The van der Waals surface area contributed by atoms with Crippen LogP contribution < -0.4 is 9.64 Å². The monoisotopic (exact) mass is 341 g/mol. The first-order chi connectivity index (χ1) is 9.65. The van der Waals surface area contributed by atoms with E-state index in [2.05, 4.69) is 31.5 Å². The summed E-state index contributed by atoms with van der Waals surface area (Å²) in [7, 11) is 0. The van der Waals surface area contributed by atoms with Gasteiger partial charge in [-0.1, -0.05) is 0 Å². The highest BCUT2D eigenvalue weighted by molar-refractivity contribution is 9.10. The molecule has 0 unspecified atom stereocenters. The highest BCUT2D eigenvalue weighted by Gasteiger charge is 2.25. The number of aromatic nitrogens is 4. The average Bonchev–Trinajstić information content (AvgIpc) is 2.92. The van der Waals surface area contributed by atoms with Crippen LogP contribution in [0.4, 0.5) is 10.1 Å². The van der Waals surface area contributed by atoms with Crippen molar-refractivity contribution in [3.8, 4) is 5.75 Å². The minimum atomic E-state index is -0.432. The van der Waals surface area contributed by atoms with Crippen molar-refractivity contribution in [2.45, 2.75) is 6.54 Å². The van der Waals surface area contributed by atoms with E-state index >= 15 is 0 Å². The molecule has 2 heterocycles. The number of amides is 1. The number of benzene rings is 1. The Bertz CT molecular complexity index is 649. The molecule has 2 aromatic rings. The van der Waals surface area contributed by atoms with Crippen molar-refractivity contribution in [1.29, 1.82) is 0 Å². The molecule has 3 rings (SSSR count). The van der Waals surface area contributed by atoms with Gasteiger partial charge in [-0.25, -0.2) is 9.07 Å². The van der Waals surface area contributed by atoms with Gasteiger partial charge >= 0.3 is 0 Å². The van der Waals surface area contributed by atoms with Crippen LogP contribution in [0.1, 0.15) is 0 Å². The van der Waals surface area contributed by atoms with E-state index in [-0.39, 0.29) is 16.9 Å². The zero-order valence-corrected chi connectivity index (χ0v) is 11.7. The lowest BCUT2D eigenvalue weighted by molar-refractivity contribution is -0.119. The van der Waals surface area contributed by atoms with Crippen LogP contribution in [0.2, 0.25) is 0 Å². The lowest BCUT2D eigenvalue weighted by Crippen LogP contribution is -2.40. The summed E-state index contributed by atoms with van der Waals surface area (Å²) in [5.41, 5.74) is 0.530. The molecule has 0 saturated heterocycles. The Kier molecular flexibility index (Phi) is 3.35. The molecule has 0 atom stereocenters. The van der Waals surface area contributed by atoms with E-state index in [9.17, 15) is 9.18 Å². The molecule has 0 saturated carbocycles.